The number of aromatic nitrogens is 1. The molecule has 84 valence electrons. The molecule has 0 radical (unpaired) electrons. The number of hydrogen-bond acceptors (Lipinski definition) is 3. The molecule has 0 saturated heterocycles. The van der Waals surface area contributed by atoms with E-state index in [-0.39, 0.29) is 5.69 Å². The van der Waals surface area contributed by atoms with Crippen molar-refractivity contribution in [3.63, 3.8) is 0 Å². The fraction of sp³-hybridized carbons (Fsp3) is 0.300. The molecule has 1 amide bonds. The van der Waals surface area contributed by atoms with Gasteiger partial charge >= 0.3 is 5.97 Å². The Labute approximate surface area is 90.3 Å². The number of carboxylic acid groups (broad SMARTS) is 1. The minimum atomic E-state index is -0.990. The van der Waals surface area contributed by atoms with Crippen molar-refractivity contribution in [3.8, 4) is 0 Å². The second-order valence-electron chi connectivity index (χ2n) is 3.63. The lowest BCUT2D eigenvalue weighted by Gasteiger charge is -2.04. The summed E-state index contributed by atoms with van der Waals surface area (Å²) in [6.07, 6.45) is 2.64. The van der Waals surface area contributed by atoms with Crippen LogP contribution < -0.4 is 5.32 Å². The van der Waals surface area contributed by atoms with E-state index in [1.54, 1.807) is 0 Å². The Bertz CT molecular complexity index is 449. The summed E-state index contributed by atoms with van der Waals surface area (Å²) >= 11 is 0. The topological polar surface area (TPSA) is 79.3 Å². The third kappa shape index (κ3) is 2.00. The summed E-state index contributed by atoms with van der Waals surface area (Å²) < 4.78 is 13.1. The molecule has 1 heterocycles. The van der Waals surface area contributed by atoms with E-state index in [1.165, 1.54) is 12.3 Å². The molecule has 0 aromatic carbocycles. The SMILES string of the molecule is O=C(O)C1CC1C(=O)Nc1ccncc1F. The molecule has 0 bridgehead atoms. The predicted octanol–water partition coefficient (Wildman–Crippen LogP) is 0.880. The average Bonchev–Trinajstić information content (AvgIpc) is 3.01. The lowest BCUT2D eigenvalue weighted by Crippen LogP contribution is -2.17. The minimum Gasteiger partial charge on any atom is -0.481 e. The molecule has 2 unspecified atom stereocenters. The van der Waals surface area contributed by atoms with Crippen LogP contribution in [0.25, 0.3) is 0 Å². The zero-order chi connectivity index (χ0) is 11.7. The number of carbonyl (C=O) groups excluding carboxylic acids is 1. The number of nitrogens with one attached hydrogen (secondary N) is 1. The molecule has 1 fully saturated rings. The van der Waals surface area contributed by atoms with Crippen molar-refractivity contribution in [2.45, 2.75) is 6.42 Å². The van der Waals surface area contributed by atoms with Gasteiger partial charge in [0.15, 0.2) is 5.82 Å². The van der Waals surface area contributed by atoms with E-state index in [2.05, 4.69) is 10.3 Å². The van der Waals surface area contributed by atoms with E-state index in [4.69, 9.17) is 5.11 Å². The van der Waals surface area contributed by atoms with Crippen LogP contribution in [0.15, 0.2) is 18.5 Å². The molecule has 0 spiro atoms. The summed E-state index contributed by atoms with van der Waals surface area (Å²) in [5, 5.41) is 11.0. The Balaban J connectivity index is 1.99. The zero-order valence-electron chi connectivity index (χ0n) is 8.18. The first-order valence-corrected chi connectivity index (χ1v) is 4.73. The van der Waals surface area contributed by atoms with Gasteiger partial charge in [0.05, 0.1) is 23.7 Å². The second kappa shape index (κ2) is 3.88. The quantitative estimate of drug-likeness (QED) is 0.798. The van der Waals surface area contributed by atoms with Crippen molar-refractivity contribution >= 4 is 17.6 Å². The highest BCUT2D eigenvalue weighted by atomic mass is 19.1. The normalized spacial score (nSPS) is 22.6. The molecule has 1 aliphatic carbocycles. The predicted molar refractivity (Wildman–Crippen MR) is 52.1 cm³/mol. The van der Waals surface area contributed by atoms with Crippen LogP contribution in [-0.2, 0) is 9.59 Å². The summed E-state index contributed by atoms with van der Waals surface area (Å²) in [7, 11) is 0. The van der Waals surface area contributed by atoms with E-state index < -0.39 is 29.5 Å². The smallest absolute Gasteiger partial charge is 0.307 e. The number of rotatable bonds is 3. The third-order valence-corrected chi connectivity index (χ3v) is 2.47. The van der Waals surface area contributed by atoms with Gasteiger partial charge in [0.25, 0.3) is 0 Å². The van der Waals surface area contributed by atoms with Crippen LogP contribution in [0, 0.1) is 17.7 Å². The number of carboxylic acids is 1. The van der Waals surface area contributed by atoms with Crippen LogP contribution in [0.1, 0.15) is 6.42 Å². The average molecular weight is 224 g/mol. The van der Waals surface area contributed by atoms with Gasteiger partial charge in [-0.25, -0.2) is 4.39 Å². The first-order valence-electron chi connectivity index (χ1n) is 4.73. The van der Waals surface area contributed by atoms with Crippen molar-refractivity contribution in [3.05, 3.63) is 24.3 Å². The first-order chi connectivity index (χ1) is 7.59. The summed E-state index contributed by atoms with van der Waals surface area (Å²) in [4.78, 5) is 25.5. The molecule has 2 N–H and O–H groups in total. The highest BCUT2D eigenvalue weighted by Crippen LogP contribution is 2.39. The molecule has 1 aliphatic rings. The molecular formula is C10H9FN2O3. The molecule has 2 rings (SSSR count). The second-order valence-corrected chi connectivity index (χ2v) is 3.63. The summed E-state index contributed by atoms with van der Waals surface area (Å²) in [6.45, 7) is 0. The van der Waals surface area contributed by atoms with Gasteiger partial charge in [-0.15, -0.1) is 0 Å². The number of hydrogen-bond donors (Lipinski definition) is 2. The molecule has 1 aromatic heterocycles. The Hall–Kier alpha value is -1.98. The molecule has 5 nitrogen and oxygen atoms in total. The molecule has 1 saturated carbocycles. The van der Waals surface area contributed by atoms with Gasteiger partial charge in [0.2, 0.25) is 5.91 Å². The number of aliphatic carboxylic acids is 1. The van der Waals surface area contributed by atoms with E-state index in [0.29, 0.717) is 6.42 Å². The minimum absolute atomic E-state index is 0.0241. The van der Waals surface area contributed by atoms with Gasteiger partial charge in [0, 0.05) is 6.20 Å². The van der Waals surface area contributed by atoms with Crippen molar-refractivity contribution in [1.82, 2.24) is 4.98 Å². The molecule has 2 atom stereocenters. The highest BCUT2D eigenvalue weighted by Gasteiger charge is 2.48. The van der Waals surface area contributed by atoms with Crippen molar-refractivity contribution < 1.29 is 19.1 Å². The monoisotopic (exact) mass is 224 g/mol. The summed E-state index contributed by atoms with van der Waals surface area (Å²) in [5.74, 6) is -3.27. The maximum absolute atomic E-state index is 13.1. The lowest BCUT2D eigenvalue weighted by molar-refractivity contribution is -0.139. The number of pyridine rings is 1. The summed E-state index contributed by atoms with van der Waals surface area (Å²) in [5.41, 5.74) is 0.0241. The number of anilines is 1. The highest BCUT2D eigenvalue weighted by molar-refractivity contribution is 5.98. The van der Waals surface area contributed by atoms with Gasteiger partial charge < -0.3 is 10.4 Å². The maximum Gasteiger partial charge on any atom is 0.307 e. The standard InChI is InChI=1S/C10H9FN2O3/c11-7-4-12-2-1-8(7)13-9(14)5-3-6(5)10(15)16/h1-2,4-6H,3H2,(H,15,16)(H,12,13,14). The molecule has 0 aliphatic heterocycles. The van der Waals surface area contributed by atoms with Gasteiger partial charge in [-0.2, -0.15) is 0 Å². The van der Waals surface area contributed by atoms with Crippen LogP contribution >= 0.6 is 0 Å². The Morgan fingerprint density at radius 1 is 1.50 bits per heavy atom. The number of carbonyl (C=O) groups is 2. The first kappa shape index (κ1) is 10.5. The van der Waals surface area contributed by atoms with Gasteiger partial charge in [-0.1, -0.05) is 0 Å². The Kier molecular flexibility index (Phi) is 2.55. The largest absolute Gasteiger partial charge is 0.481 e. The van der Waals surface area contributed by atoms with E-state index in [1.807, 2.05) is 0 Å². The maximum atomic E-state index is 13.1. The molecule has 16 heavy (non-hydrogen) atoms. The third-order valence-electron chi connectivity index (χ3n) is 2.47. The molecule has 6 heteroatoms. The Morgan fingerprint density at radius 3 is 2.81 bits per heavy atom. The summed E-state index contributed by atoms with van der Waals surface area (Å²) in [6, 6.07) is 1.32. The van der Waals surface area contributed by atoms with Crippen molar-refractivity contribution in [2.24, 2.45) is 11.8 Å². The fourth-order valence-corrected chi connectivity index (χ4v) is 1.46. The van der Waals surface area contributed by atoms with Crippen molar-refractivity contribution in [1.29, 1.82) is 0 Å². The number of nitrogens with zero attached hydrogens (tertiary/aromatic N) is 1. The zero-order valence-corrected chi connectivity index (χ0v) is 8.18. The van der Waals surface area contributed by atoms with Crippen LogP contribution in [0.5, 0.6) is 0 Å². The molecule has 1 aromatic rings. The molecular weight excluding hydrogens is 215 g/mol. The van der Waals surface area contributed by atoms with Gasteiger partial charge in [-0.05, 0) is 12.5 Å². The van der Waals surface area contributed by atoms with Crippen molar-refractivity contribution in [2.75, 3.05) is 5.32 Å². The van der Waals surface area contributed by atoms with Crippen LogP contribution in [0.3, 0.4) is 0 Å². The van der Waals surface area contributed by atoms with E-state index >= 15 is 0 Å². The number of amides is 1. The number of halogens is 1. The fourth-order valence-electron chi connectivity index (χ4n) is 1.46. The van der Waals surface area contributed by atoms with Crippen LogP contribution in [-0.4, -0.2) is 22.0 Å². The van der Waals surface area contributed by atoms with Crippen LogP contribution in [0.4, 0.5) is 10.1 Å². The van der Waals surface area contributed by atoms with E-state index in [0.717, 1.165) is 6.20 Å². The van der Waals surface area contributed by atoms with E-state index in [9.17, 15) is 14.0 Å². The van der Waals surface area contributed by atoms with Gasteiger partial charge in [0.1, 0.15) is 0 Å². The Morgan fingerprint density at radius 2 is 2.25 bits per heavy atom. The van der Waals surface area contributed by atoms with Gasteiger partial charge in [-0.3, -0.25) is 14.6 Å². The van der Waals surface area contributed by atoms with Crippen LogP contribution in [0.2, 0.25) is 0 Å². The lowest BCUT2D eigenvalue weighted by atomic mass is 10.3.